The summed E-state index contributed by atoms with van der Waals surface area (Å²) in [5.41, 5.74) is 1.30. The molecule has 1 aromatic carbocycles. The lowest BCUT2D eigenvalue weighted by Crippen LogP contribution is -1.98. The Morgan fingerprint density at radius 1 is 1.22 bits per heavy atom. The predicted octanol–water partition coefficient (Wildman–Crippen LogP) is 2.54. The van der Waals surface area contributed by atoms with E-state index in [1.54, 1.807) is 25.4 Å². The maximum atomic E-state index is 8.87. The molecule has 0 radical (unpaired) electrons. The molecule has 90 valence electrons. The third kappa shape index (κ3) is 2.77. The van der Waals surface area contributed by atoms with Crippen molar-refractivity contribution in [3.8, 4) is 17.6 Å². The van der Waals surface area contributed by atoms with Crippen molar-refractivity contribution >= 4 is 0 Å². The number of pyridine rings is 1. The Bertz CT molecular complexity index is 559. The van der Waals surface area contributed by atoms with Crippen LogP contribution in [0.3, 0.4) is 0 Å². The minimum absolute atomic E-state index is 0.297. The number of nitrogens with zero attached hydrogens (tertiary/aromatic N) is 2. The molecule has 0 atom stereocenters. The molecule has 0 aliphatic heterocycles. The zero-order chi connectivity index (χ0) is 12.8. The highest BCUT2D eigenvalue weighted by atomic mass is 16.5. The van der Waals surface area contributed by atoms with Crippen molar-refractivity contribution in [1.29, 1.82) is 5.26 Å². The summed E-state index contributed by atoms with van der Waals surface area (Å²) in [6, 6.07) is 13.0. The summed E-state index contributed by atoms with van der Waals surface area (Å²) < 4.78 is 10.6. The summed E-state index contributed by atoms with van der Waals surface area (Å²) >= 11 is 0. The van der Waals surface area contributed by atoms with Gasteiger partial charge in [0.2, 0.25) is 0 Å². The molecule has 1 heterocycles. The molecule has 0 spiro atoms. The van der Waals surface area contributed by atoms with Gasteiger partial charge in [0.05, 0.1) is 7.11 Å². The first-order valence-corrected chi connectivity index (χ1v) is 5.44. The fourth-order valence-electron chi connectivity index (χ4n) is 1.47. The Labute approximate surface area is 105 Å². The number of hydrogen-bond acceptors (Lipinski definition) is 4. The van der Waals surface area contributed by atoms with Gasteiger partial charge in [0, 0.05) is 6.20 Å². The van der Waals surface area contributed by atoms with E-state index in [1.807, 2.05) is 30.3 Å². The molecule has 0 saturated heterocycles. The molecule has 4 heteroatoms. The molecule has 0 unspecified atom stereocenters. The maximum Gasteiger partial charge on any atom is 0.182 e. The van der Waals surface area contributed by atoms with E-state index in [1.165, 1.54) is 0 Å². The quantitative estimate of drug-likeness (QED) is 0.824. The van der Waals surface area contributed by atoms with Crippen LogP contribution >= 0.6 is 0 Å². The average molecular weight is 240 g/mol. The molecule has 0 aliphatic carbocycles. The molecule has 0 amide bonds. The molecule has 0 N–H and O–H groups in total. The van der Waals surface area contributed by atoms with Crippen LogP contribution in [-0.2, 0) is 6.61 Å². The van der Waals surface area contributed by atoms with Gasteiger partial charge in [0.25, 0.3) is 0 Å². The van der Waals surface area contributed by atoms with E-state index in [0.717, 1.165) is 11.3 Å². The van der Waals surface area contributed by atoms with E-state index in [9.17, 15) is 0 Å². The number of ether oxygens (including phenoxy) is 2. The molecule has 1 aromatic heterocycles. The maximum absolute atomic E-state index is 8.87. The summed E-state index contributed by atoms with van der Waals surface area (Å²) in [5, 5.41) is 8.87. The van der Waals surface area contributed by atoms with E-state index >= 15 is 0 Å². The van der Waals surface area contributed by atoms with Gasteiger partial charge in [-0.3, -0.25) is 0 Å². The fraction of sp³-hybridized carbons (Fsp3) is 0.143. The summed E-state index contributed by atoms with van der Waals surface area (Å²) in [7, 11) is 1.63. The van der Waals surface area contributed by atoms with Gasteiger partial charge in [0.15, 0.2) is 11.4 Å². The van der Waals surface area contributed by atoms with Crippen molar-refractivity contribution < 1.29 is 9.47 Å². The molecule has 18 heavy (non-hydrogen) atoms. The number of nitriles is 1. The minimum atomic E-state index is 0.297. The summed E-state index contributed by atoms with van der Waals surface area (Å²) in [6.07, 6.45) is 1.57. The number of benzene rings is 1. The predicted molar refractivity (Wildman–Crippen MR) is 66.3 cm³/mol. The normalized spacial score (nSPS) is 9.56. The monoisotopic (exact) mass is 240 g/mol. The van der Waals surface area contributed by atoms with Crippen LogP contribution in [0.4, 0.5) is 0 Å². The van der Waals surface area contributed by atoms with Gasteiger partial charge in [-0.25, -0.2) is 4.98 Å². The third-order valence-corrected chi connectivity index (χ3v) is 2.43. The molecule has 0 bridgehead atoms. The van der Waals surface area contributed by atoms with E-state index in [2.05, 4.69) is 4.98 Å². The summed E-state index contributed by atoms with van der Waals surface area (Å²) in [6.45, 7) is 0.393. The van der Waals surface area contributed by atoms with Crippen LogP contribution < -0.4 is 9.47 Å². The van der Waals surface area contributed by atoms with Crippen molar-refractivity contribution in [3.05, 3.63) is 53.9 Å². The molecular weight excluding hydrogens is 228 g/mol. The molecule has 0 aliphatic rings. The first-order chi connectivity index (χ1) is 8.83. The molecule has 2 rings (SSSR count). The third-order valence-electron chi connectivity index (χ3n) is 2.43. The summed E-state index contributed by atoms with van der Waals surface area (Å²) in [5.74, 6) is 1.30. The largest absolute Gasteiger partial charge is 0.497 e. The lowest BCUT2D eigenvalue weighted by molar-refractivity contribution is 0.303. The first-order valence-electron chi connectivity index (χ1n) is 5.44. The number of hydrogen-bond donors (Lipinski definition) is 0. The van der Waals surface area contributed by atoms with Gasteiger partial charge >= 0.3 is 0 Å². The van der Waals surface area contributed by atoms with Crippen molar-refractivity contribution in [3.63, 3.8) is 0 Å². The lowest BCUT2D eigenvalue weighted by Gasteiger charge is -2.07. The highest BCUT2D eigenvalue weighted by Gasteiger charge is 2.03. The van der Waals surface area contributed by atoms with Gasteiger partial charge in [0.1, 0.15) is 18.4 Å². The SMILES string of the molecule is COc1ccc(COc2cccnc2C#N)cc1. The number of rotatable bonds is 4. The van der Waals surface area contributed by atoms with Crippen LogP contribution in [0.5, 0.6) is 11.5 Å². The highest BCUT2D eigenvalue weighted by molar-refractivity contribution is 5.36. The lowest BCUT2D eigenvalue weighted by atomic mass is 10.2. The van der Waals surface area contributed by atoms with E-state index in [4.69, 9.17) is 14.7 Å². The van der Waals surface area contributed by atoms with Gasteiger partial charge < -0.3 is 9.47 Å². The van der Waals surface area contributed by atoms with Crippen LogP contribution in [0.15, 0.2) is 42.6 Å². The van der Waals surface area contributed by atoms with Gasteiger partial charge in [-0.15, -0.1) is 0 Å². The van der Waals surface area contributed by atoms with Crippen LogP contribution in [-0.4, -0.2) is 12.1 Å². The Kier molecular flexibility index (Phi) is 3.77. The zero-order valence-electron chi connectivity index (χ0n) is 9.96. The smallest absolute Gasteiger partial charge is 0.182 e. The second-order valence-corrected chi connectivity index (χ2v) is 3.60. The standard InChI is InChI=1S/C14H12N2O2/c1-17-12-6-4-11(5-7-12)10-18-14-3-2-8-16-13(14)9-15/h2-8H,10H2,1H3. The van der Waals surface area contributed by atoms with Crippen molar-refractivity contribution in [2.45, 2.75) is 6.61 Å². The minimum Gasteiger partial charge on any atom is -0.497 e. The first kappa shape index (κ1) is 11.9. The van der Waals surface area contributed by atoms with E-state index in [-0.39, 0.29) is 0 Å². The van der Waals surface area contributed by atoms with Gasteiger partial charge in [-0.2, -0.15) is 5.26 Å². The van der Waals surface area contributed by atoms with Crippen molar-refractivity contribution in [2.24, 2.45) is 0 Å². The Hall–Kier alpha value is -2.54. The molecule has 0 saturated carbocycles. The molecule has 4 nitrogen and oxygen atoms in total. The second kappa shape index (κ2) is 5.69. The van der Waals surface area contributed by atoms with E-state index < -0.39 is 0 Å². The Balaban J connectivity index is 2.05. The second-order valence-electron chi connectivity index (χ2n) is 3.60. The number of aromatic nitrogens is 1. The fourth-order valence-corrected chi connectivity index (χ4v) is 1.47. The Morgan fingerprint density at radius 2 is 2.00 bits per heavy atom. The van der Waals surface area contributed by atoms with Crippen LogP contribution in [0.1, 0.15) is 11.3 Å². The molecule has 0 fully saturated rings. The summed E-state index contributed by atoms with van der Waals surface area (Å²) in [4.78, 5) is 3.93. The van der Waals surface area contributed by atoms with Crippen LogP contribution in [0.2, 0.25) is 0 Å². The van der Waals surface area contributed by atoms with Crippen LogP contribution in [0.25, 0.3) is 0 Å². The van der Waals surface area contributed by atoms with E-state index in [0.29, 0.717) is 18.1 Å². The van der Waals surface area contributed by atoms with Crippen molar-refractivity contribution in [2.75, 3.05) is 7.11 Å². The number of methoxy groups -OCH3 is 1. The molecular formula is C14H12N2O2. The zero-order valence-corrected chi connectivity index (χ0v) is 9.96. The van der Waals surface area contributed by atoms with Crippen molar-refractivity contribution in [1.82, 2.24) is 4.98 Å². The van der Waals surface area contributed by atoms with Gasteiger partial charge in [-0.05, 0) is 29.8 Å². The highest BCUT2D eigenvalue weighted by Crippen LogP contribution is 2.17. The average Bonchev–Trinajstić information content (AvgIpc) is 2.46. The topological polar surface area (TPSA) is 55.1 Å². The molecule has 2 aromatic rings. The van der Waals surface area contributed by atoms with Gasteiger partial charge in [-0.1, -0.05) is 12.1 Å². The Morgan fingerprint density at radius 3 is 2.67 bits per heavy atom. The van der Waals surface area contributed by atoms with Crippen LogP contribution in [0, 0.1) is 11.3 Å².